The van der Waals surface area contributed by atoms with Crippen molar-refractivity contribution in [1.29, 1.82) is 0 Å². The van der Waals surface area contributed by atoms with Crippen molar-refractivity contribution in [2.75, 3.05) is 12.3 Å². The number of fused-ring (bicyclic) bond motifs is 1. The van der Waals surface area contributed by atoms with Crippen LogP contribution >= 0.6 is 0 Å². The first-order valence-electron chi connectivity index (χ1n) is 9.26. The van der Waals surface area contributed by atoms with Crippen LogP contribution in [0.4, 0.5) is 15.0 Å². The topological polar surface area (TPSA) is 90.5 Å². The van der Waals surface area contributed by atoms with Gasteiger partial charge in [0.25, 0.3) is 0 Å². The summed E-state index contributed by atoms with van der Waals surface area (Å²) in [5, 5.41) is 4.34. The highest BCUT2D eigenvalue weighted by molar-refractivity contribution is 5.82. The van der Waals surface area contributed by atoms with Gasteiger partial charge < -0.3 is 15.4 Å². The van der Waals surface area contributed by atoms with Crippen molar-refractivity contribution in [2.45, 2.75) is 52.2 Å². The van der Waals surface area contributed by atoms with Gasteiger partial charge in [-0.25, -0.2) is 9.18 Å². The molecule has 1 aromatic heterocycles. The maximum atomic E-state index is 13.0. The molecule has 0 saturated heterocycles. The summed E-state index contributed by atoms with van der Waals surface area (Å²) in [5.74, 6) is -0.225. The first kappa shape index (κ1) is 19.9. The lowest BCUT2D eigenvalue weighted by Crippen LogP contribution is -2.39. The Balaban J connectivity index is 1.68. The third-order valence-electron chi connectivity index (χ3n) is 4.51. The Kier molecular flexibility index (Phi) is 5.40. The summed E-state index contributed by atoms with van der Waals surface area (Å²) in [7, 11) is 0. The van der Waals surface area contributed by atoms with Crippen LogP contribution < -0.4 is 5.73 Å². The summed E-state index contributed by atoms with van der Waals surface area (Å²) < 4.78 is 19.6. The van der Waals surface area contributed by atoms with E-state index in [1.165, 1.54) is 16.8 Å². The molecule has 0 bridgehead atoms. The first-order chi connectivity index (χ1) is 13.1. The highest BCUT2D eigenvalue weighted by atomic mass is 19.1. The van der Waals surface area contributed by atoms with Crippen LogP contribution in [0.2, 0.25) is 0 Å². The van der Waals surface area contributed by atoms with Gasteiger partial charge in [-0.1, -0.05) is 12.1 Å². The minimum absolute atomic E-state index is 0.201. The van der Waals surface area contributed by atoms with Crippen LogP contribution in [0.25, 0.3) is 0 Å². The van der Waals surface area contributed by atoms with E-state index < -0.39 is 11.7 Å². The molecular formula is C20H25FN4O3. The Labute approximate surface area is 163 Å². The molecule has 1 amide bonds. The molecule has 7 nitrogen and oxygen atoms in total. The monoisotopic (exact) mass is 388 g/mol. The van der Waals surface area contributed by atoms with E-state index in [2.05, 4.69) is 5.10 Å². The van der Waals surface area contributed by atoms with E-state index in [0.29, 0.717) is 30.9 Å². The zero-order chi connectivity index (χ0) is 20.5. The molecule has 3 rings (SSSR count). The molecule has 2 N–H and O–H groups in total. The lowest BCUT2D eigenvalue weighted by molar-refractivity contribution is 0.0221. The fourth-order valence-corrected chi connectivity index (χ4v) is 3.10. The van der Waals surface area contributed by atoms with Crippen molar-refractivity contribution in [3.05, 3.63) is 46.9 Å². The van der Waals surface area contributed by atoms with E-state index in [0.717, 1.165) is 11.1 Å². The van der Waals surface area contributed by atoms with Crippen molar-refractivity contribution in [1.82, 2.24) is 14.7 Å². The van der Waals surface area contributed by atoms with E-state index in [9.17, 15) is 14.0 Å². The maximum Gasteiger partial charge on any atom is 0.410 e. The zero-order valence-electron chi connectivity index (χ0n) is 16.4. The van der Waals surface area contributed by atoms with Crippen LogP contribution in [-0.4, -0.2) is 38.8 Å². The number of nitrogen functional groups attached to an aromatic ring is 1. The molecule has 150 valence electrons. The number of halogens is 1. The summed E-state index contributed by atoms with van der Waals surface area (Å²) in [6, 6.07) is 6.04. The van der Waals surface area contributed by atoms with Crippen molar-refractivity contribution in [2.24, 2.45) is 0 Å². The number of aromatic nitrogens is 2. The Morgan fingerprint density at radius 2 is 1.93 bits per heavy atom. The number of carbonyl (C=O) groups is 2. The van der Waals surface area contributed by atoms with Crippen LogP contribution in [0, 0.1) is 5.82 Å². The van der Waals surface area contributed by atoms with Gasteiger partial charge in [-0.05, 0) is 51.3 Å². The average Bonchev–Trinajstić information content (AvgIpc) is 2.96. The second-order valence-electron chi connectivity index (χ2n) is 7.89. The Morgan fingerprint density at radius 3 is 2.57 bits per heavy atom. The Hall–Kier alpha value is -2.90. The molecule has 0 saturated carbocycles. The van der Waals surface area contributed by atoms with E-state index in [1.54, 1.807) is 17.0 Å². The van der Waals surface area contributed by atoms with Gasteiger partial charge in [0, 0.05) is 18.5 Å². The Bertz CT molecular complexity index is 884. The first-order valence-corrected chi connectivity index (χ1v) is 9.26. The van der Waals surface area contributed by atoms with E-state index >= 15 is 0 Å². The summed E-state index contributed by atoms with van der Waals surface area (Å²) in [6.07, 6.45) is 0.777. The minimum atomic E-state index is -0.577. The molecule has 28 heavy (non-hydrogen) atoms. The Morgan fingerprint density at radius 1 is 1.25 bits per heavy atom. The van der Waals surface area contributed by atoms with Crippen molar-refractivity contribution >= 4 is 17.8 Å². The standard InChI is InChI=1S/C20H25FN4O3/c1-20(2,3)28-19(27)24-11-10-15-16(12-24)23-25(18(15)22)17(26)9-6-13-4-7-14(21)8-5-13/h4-5,7-8H,6,9-12,22H2,1-3H3. The van der Waals surface area contributed by atoms with Crippen molar-refractivity contribution < 1.29 is 18.7 Å². The van der Waals surface area contributed by atoms with Crippen LogP contribution in [0.1, 0.15) is 48.8 Å². The number of hydrogen-bond donors (Lipinski definition) is 1. The molecule has 0 aliphatic carbocycles. The van der Waals surface area contributed by atoms with Crippen LogP contribution in [-0.2, 0) is 24.1 Å². The highest BCUT2D eigenvalue weighted by Crippen LogP contribution is 2.25. The average molecular weight is 388 g/mol. The highest BCUT2D eigenvalue weighted by Gasteiger charge is 2.30. The summed E-state index contributed by atoms with van der Waals surface area (Å²) in [5.41, 5.74) is 7.83. The summed E-state index contributed by atoms with van der Waals surface area (Å²) in [6.45, 7) is 6.15. The molecule has 1 aliphatic rings. The van der Waals surface area contributed by atoms with Gasteiger partial charge in [0.2, 0.25) is 5.91 Å². The van der Waals surface area contributed by atoms with Crippen LogP contribution in [0.5, 0.6) is 0 Å². The van der Waals surface area contributed by atoms with E-state index in [1.807, 2.05) is 20.8 Å². The molecule has 1 aliphatic heterocycles. The molecule has 0 spiro atoms. The van der Waals surface area contributed by atoms with Crippen molar-refractivity contribution in [3.63, 3.8) is 0 Å². The molecule has 1 aromatic carbocycles. The molecule has 2 heterocycles. The largest absolute Gasteiger partial charge is 0.444 e. The minimum Gasteiger partial charge on any atom is -0.444 e. The van der Waals surface area contributed by atoms with Gasteiger partial charge in [-0.3, -0.25) is 4.79 Å². The van der Waals surface area contributed by atoms with Crippen LogP contribution in [0.3, 0.4) is 0 Å². The molecule has 8 heteroatoms. The fraction of sp³-hybridized carbons (Fsp3) is 0.450. The number of nitrogens with two attached hydrogens (primary N) is 1. The SMILES string of the molecule is CC(C)(C)OC(=O)N1CCc2c(nn(C(=O)CCc3ccc(F)cc3)c2N)C1. The molecule has 0 radical (unpaired) electrons. The van der Waals surface area contributed by atoms with Gasteiger partial charge >= 0.3 is 6.09 Å². The number of aryl methyl sites for hydroxylation is 1. The lowest BCUT2D eigenvalue weighted by Gasteiger charge is -2.29. The third kappa shape index (κ3) is 4.49. The maximum absolute atomic E-state index is 13.0. The van der Waals surface area contributed by atoms with Gasteiger partial charge in [-0.2, -0.15) is 9.78 Å². The summed E-state index contributed by atoms with van der Waals surface area (Å²) >= 11 is 0. The number of amides is 1. The third-order valence-corrected chi connectivity index (χ3v) is 4.51. The second-order valence-corrected chi connectivity index (χ2v) is 7.89. The molecule has 0 unspecified atom stereocenters. The number of hydrogen-bond acceptors (Lipinski definition) is 5. The van der Waals surface area contributed by atoms with Gasteiger partial charge in [0.05, 0.1) is 12.2 Å². The van der Waals surface area contributed by atoms with E-state index in [4.69, 9.17) is 10.5 Å². The predicted molar refractivity (Wildman–Crippen MR) is 102 cm³/mol. The second kappa shape index (κ2) is 7.61. The molecule has 2 aromatic rings. The number of ether oxygens (including phenoxy) is 1. The van der Waals surface area contributed by atoms with Gasteiger partial charge in [-0.15, -0.1) is 0 Å². The lowest BCUT2D eigenvalue weighted by atomic mass is 10.1. The number of carbonyl (C=O) groups excluding carboxylic acids is 2. The quantitative estimate of drug-likeness (QED) is 0.872. The smallest absolute Gasteiger partial charge is 0.410 e. The summed E-state index contributed by atoms with van der Waals surface area (Å²) in [4.78, 5) is 26.4. The number of anilines is 1. The van der Waals surface area contributed by atoms with E-state index in [-0.39, 0.29) is 24.7 Å². The zero-order valence-corrected chi connectivity index (χ0v) is 16.4. The molecule has 0 fully saturated rings. The normalized spacial score (nSPS) is 13.9. The predicted octanol–water partition coefficient (Wildman–Crippen LogP) is 3.17. The number of benzene rings is 1. The van der Waals surface area contributed by atoms with Gasteiger partial charge in [0.1, 0.15) is 17.2 Å². The fourth-order valence-electron chi connectivity index (χ4n) is 3.10. The number of nitrogens with zero attached hydrogens (tertiary/aromatic N) is 3. The van der Waals surface area contributed by atoms with Gasteiger partial charge in [0.15, 0.2) is 0 Å². The molecule has 0 atom stereocenters. The van der Waals surface area contributed by atoms with Crippen LogP contribution in [0.15, 0.2) is 24.3 Å². The van der Waals surface area contributed by atoms with Crippen molar-refractivity contribution in [3.8, 4) is 0 Å². The molecular weight excluding hydrogens is 363 g/mol. The number of rotatable bonds is 3.